The zero-order valence-corrected chi connectivity index (χ0v) is 8.79. The fourth-order valence-corrected chi connectivity index (χ4v) is 0.736. The summed E-state index contributed by atoms with van der Waals surface area (Å²) in [5.74, 6) is -3.66. The molecule has 60 valence electrons. The van der Waals surface area contributed by atoms with Crippen molar-refractivity contribution in [3.8, 4) is 0 Å². The van der Waals surface area contributed by atoms with Gasteiger partial charge in [-0.25, -0.2) is 4.39 Å². The van der Waals surface area contributed by atoms with Crippen LogP contribution in [-0.2, 0) is 0 Å². The molecule has 0 aliphatic carbocycles. The topological polar surface area (TPSA) is 0 Å². The number of allylic oxidation sites excluding steroid dienone is 1. The molecule has 0 aromatic heterocycles. The van der Waals surface area contributed by atoms with Crippen LogP contribution in [0.3, 0.4) is 0 Å². The predicted molar refractivity (Wildman–Crippen MR) is 47.1 cm³/mol. The zero-order valence-electron chi connectivity index (χ0n) is 4.47. The van der Waals surface area contributed by atoms with Crippen molar-refractivity contribution in [1.82, 2.24) is 0 Å². The molecule has 0 aliphatic heterocycles. The van der Waals surface area contributed by atoms with Crippen LogP contribution in [0.4, 0.5) is 17.6 Å². The van der Waals surface area contributed by atoms with E-state index >= 15 is 0 Å². The third kappa shape index (κ3) is 2.89. The van der Waals surface area contributed by atoms with Gasteiger partial charge in [-0.1, -0.05) is 0 Å². The Bertz CT molecular complexity index is 149. The third-order valence-electron chi connectivity index (χ3n) is 0.655. The Labute approximate surface area is 82.3 Å². The Morgan fingerprint density at radius 1 is 1.30 bits per heavy atom. The van der Waals surface area contributed by atoms with Crippen LogP contribution in [0.25, 0.3) is 0 Å². The van der Waals surface area contributed by atoms with E-state index in [1.54, 1.807) is 0 Å². The second kappa shape index (κ2) is 4.07. The lowest BCUT2D eigenvalue weighted by molar-refractivity contribution is 0.0245. The van der Waals surface area contributed by atoms with Gasteiger partial charge in [-0.05, 0) is 45.2 Å². The summed E-state index contributed by atoms with van der Waals surface area (Å²) in [5.41, 5.74) is 0. The highest BCUT2D eigenvalue weighted by Crippen LogP contribution is 2.35. The van der Waals surface area contributed by atoms with Gasteiger partial charge in [-0.15, -0.1) is 0 Å². The molecule has 0 N–H and O–H groups in total. The van der Waals surface area contributed by atoms with E-state index in [0.717, 1.165) is 45.2 Å². The van der Waals surface area contributed by atoms with Crippen molar-refractivity contribution >= 4 is 45.2 Å². The fraction of sp³-hybridized carbons (Fsp3) is 0.500. The minimum Gasteiger partial charge on any atom is -0.244 e. The number of halogens is 6. The van der Waals surface area contributed by atoms with E-state index in [1.165, 1.54) is 0 Å². The van der Waals surface area contributed by atoms with E-state index in [4.69, 9.17) is 0 Å². The van der Waals surface area contributed by atoms with Gasteiger partial charge >= 0.3 is 5.92 Å². The lowest BCUT2D eigenvalue weighted by Crippen LogP contribution is -2.18. The van der Waals surface area contributed by atoms with Gasteiger partial charge in [0.1, 0.15) is 3.58 Å². The number of hydrogen-bond donors (Lipinski definition) is 0. The van der Waals surface area contributed by atoms with Crippen molar-refractivity contribution in [2.75, 3.05) is 6.67 Å². The van der Waals surface area contributed by atoms with Crippen molar-refractivity contribution < 1.29 is 17.6 Å². The molecule has 0 atom stereocenters. The lowest BCUT2D eigenvalue weighted by Gasteiger charge is -2.09. The third-order valence-corrected chi connectivity index (χ3v) is 3.49. The number of rotatable bonds is 2. The summed E-state index contributed by atoms with van der Waals surface area (Å²) in [5, 5.41) is 0. The molecule has 0 amide bonds. The van der Waals surface area contributed by atoms with Crippen LogP contribution in [0.15, 0.2) is 7.41 Å². The lowest BCUT2D eigenvalue weighted by atomic mass is 10.4. The van der Waals surface area contributed by atoms with Gasteiger partial charge in [0.25, 0.3) is 0 Å². The molecule has 0 radical (unpaired) electrons. The van der Waals surface area contributed by atoms with Crippen molar-refractivity contribution in [3.05, 3.63) is 7.41 Å². The van der Waals surface area contributed by atoms with Crippen molar-refractivity contribution in [1.29, 1.82) is 0 Å². The summed E-state index contributed by atoms with van der Waals surface area (Å²) >= 11 is 2.16. The van der Waals surface area contributed by atoms with Crippen molar-refractivity contribution in [2.45, 2.75) is 5.92 Å². The SMILES string of the molecule is FCC(F)(F)C(I)=C(F)I. The highest BCUT2D eigenvalue weighted by Gasteiger charge is 2.35. The van der Waals surface area contributed by atoms with Crippen LogP contribution in [0.5, 0.6) is 0 Å². The molecule has 0 nitrogen and oxygen atoms in total. The van der Waals surface area contributed by atoms with Crippen LogP contribution < -0.4 is 0 Å². The van der Waals surface area contributed by atoms with Crippen LogP contribution >= 0.6 is 45.2 Å². The molecule has 0 saturated carbocycles. The molecule has 0 fully saturated rings. The van der Waals surface area contributed by atoms with Crippen LogP contribution in [-0.4, -0.2) is 12.6 Å². The van der Waals surface area contributed by atoms with Gasteiger partial charge in [0.05, 0.1) is 0 Å². The smallest absolute Gasteiger partial charge is 0.244 e. The molecule has 0 spiro atoms. The molecule has 0 heterocycles. The zero-order chi connectivity index (χ0) is 8.36. The minimum atomic E-state index is -3.66. The Hall–Kier alpha value is 0.920. The molecule has 0 aromatic carbocycles. The molecule has 10 heavy (non-hydrogen) atoms. The highest BCUT2D eigenvalue weighted by atomic mass is 127. The highest BCUT2D eigenvalue weighted by molar-refractivity contribution is 14.1. The van der Waals surface area contributed by atoms with Gasteiger partial charge in [-0.3, -0.25) is 0 Å². The van der Waals surface area contributed by atoms with Gasteiger partial charge in [0.2, 0.25) is 0 Å². The van der Waals surface area contributed by atoms with E-state index in [9.17, 15) is 17.6 Å². The molecular weight excluding hydrogens is 378 g/mol. The molecule has 0 aromatic rings. The largest absolute Gasteiger partial charge is 0.309 e. The average Bonchev–Trinajstić information content (AvgIpc) is 1.86. The minimum absolute atomic E-state index is 0.881. The maximum absolute atomic E-state index is 12.1. The molecule has 6 heteroatoms. The molecule has 0 saturated heterocycles. The normalized spacial score (nSPS) is 15.0. The summed E-state index contributed by atoms with van der Waals surface area (Å²) in [4.78, 5) is 0. The molecule has 0 unspecified atom stereocenters. The van der Waals surface area contributed by atoms with Crippen LogP contribution in [0, 0.1) is 0 Å². The first-order chi connectivity index (χ1) is 4.41. The van der Waals surface area contributed by atoms with E-state index in [2.05, 4.69) is 0 Å². The summed E-state index contributed by atoms with van der Waals surface area (Å²) in [6.07, 6.45) is 0. The van der Waals surface area contributed by atoms with Crippen molar-refractivity contribution in [3.63, 3.8) is 0 Å². The quantitative estimate of drug-likeness (QED) is 0.508. The Morgan fingerprint density at radius 3 is 1.80 bits per heavy atom. The van der Waals surface area contributed by atoms with Crippen LogP contribution in [0.1, 0.15) is 0 Å². The standard InChI is InChI=1S/C4H2F4I2/c5-1-4(7,8)2(9)3(6)10/h1H2. The fourth-order valence-electron chi connectivity index (χ4n) is 0.197. The second-order valence-corrected chi connectivity index (χ2v) is 3.44. The first-order valence-corrected chi connectivity index (χ1v) is 4.22. The Balaban J connectivity index is 4.49. The second-order valence-electron chi connectivity index (χ2n) is 1.41. The Kier molecular flexibility index (Phi) is 4.45. The van der Waals surface area contributed by atoms with E-state index < -0.39 is 20.0 Å². The van der Waals surface area contributed by atoms with Crippen LogP contribution in [0.2, 0.25) is 0 Å². The van der Waals surface area contributed by atoms with Gasteiger partial charge in [-0.2, -0.15) is 13.2 Å². The summed E-state index contributed by atoms with van der Waals surface area (Å²) < 4.78 is 45.7. The summed E-state index contributed by atoms with van der Waals surface area (Å²) in [7, 11) is 0. The molecule has 0 bridgehead atoms. The predicted octanol–water partition coefficient (Wildman–Crippen LogP) is 3.60. The first-order valence-electron chi connectivity index (χ1n) is 2.07. The monoisotopic (exact) mass is 380 g/mol. The summed E-state index contributed by atoms with van der Waals surface area (Å²) in [6, 6.07) is 0. The Morgan fingerprint density at radius 2 is 1.70 bits per heavy atom. The van der Waals surface area contributed by atoms with E-state index in [-0.39, 0.29) is 0 Å². The molecular formula is C4H2F4I2. The summed E-state index contributed by atoms with van der Waals surface area (Å²) in [6.45, 7) is -1.86. The molecule has 0 aliphatic rings. The van der Waals surface area contributed by atoms with Gasteiger partial charge < -0.3 is 0 Å². The first kappa shape index (κ1) is 10.9. The van der Waals surface area contributed by atoms with Crippen molar-refractivity contribution in [2.24, 2.45) is 0 Å². The van der Waals surface area contributed by atoms with E-state index in [1.807, 2.05) is 0 Å². The van der Waals surface area contributed by atoms with Gasteiger partial charge in [0.15, 0.2) is 10.5 Å². The number of hydrogen-bond acceptors (Lipinski definition) is 0. The number of alkyl halides is 3. The maximum Gasteiger partial charge on any atom is 0.309 e. The molecule has 0 rings (SSSR count). The van der Waals surface area contributed by atoms with Gasteiger partial charge in [0, 0.05) is 0 Å². The average molecular weight is 380 g/mol. The maximum atomic E-state index is 12.1. The van der Waals surface area contributed by atoms with E-state index in [0.29, 0.717) is 0 Å².